The average Bonchev–Trinajstić information content (AvgIpc) is 2.37. The first kappa shape index (κ1) is 14.7. The fraction of sp³-hybridized carbons (Fsp3) is 0.625. The lowest BCUT2D eigenvalue weighted by molar-refractivity contribution is 0.0913. The van der Waals surface area contributed by atoms with Crippen LogP contribution in [0.1, 0.15) is 56.6 Å². The Bertz CT molecular complexity index is 398. The molecule has 1 N–H and O–H groups in total. The van der Waals surface area contributed by atoms with E-state index in [1.165, 1.54) is 32.1 Å². The Balaban J connectivity index is 2.10. The van der Waals surface area contributed by atoms with Gasteiger partial charge < -0.3 is 9.84 Å². The molecule has 0 radical (unpaired) electrons. The van der Waals surface area contributed by atoms with Crippen molar-refractivity contribution < 1.29 is 9.84 Å². The zero-order valence-electron chi connectivity index (χ0n) is 11.6. The summed E-state index contributed by atoms with van der Waals surface area (Å²) in [5, 5.41) is 11.2. The van der Waals surface area contributed by atoms with Crippen molar-refractivity contribution in [3.05, 3.63) is 28.8 Å². The van der Waals surface area contributed by atoms with Crippen LogP contribution in [0.2, 0.25) is 5.02 Å². The summed E-state index contributed by atoms with van der Waals surface area (Å²) in [7, 11) is 1.62. The van der Waals surface area contributed by atoms with Crippen LogP contribution in [0.3, 0.4) is 0 Å². The zero-order chi connectivity index (χ0) is 13.7. The highest BCUT2D eigenvalue weighted by atomic mass is 35.5. The predicted molar refractivity (Wildman–Crippen MR) is 78.8 cm³/mol. The fourth-order valence-electron chi connectivity index (χ4n) is 2.93. The molecule has 3 heteroatoms. The highest BCUT2D eigenvalue weighted by molar-refractivity contribution is 6.31. The number of rotatable bonds is 3. The summed E-state index contributed by atoms with van der Waals surface area (Å²) in [6, 6.07) is 5.54. The largest absolute Gasteiger partial charge is 0.497 e. The fourth-order valence-corrected chi connectivity index (χ4v) is 3.21. The Hall–Kier alpha value is -0.730. The molecule has 0 aliphatic heterocycles. The van der Waals surface area contributed by atoms with Gasteiger partial charge in [-0.1, -0.05) is 49.8 Å². The van der Waals surface area contributed by atoms with Gasteiger partial charge >= 0.3 is 0 Å². The normalized spacial score (nSPS) is 19.5. The van der Waals surface area contributed by atoms with Gasteiger partial charge in [0.2, 0.25) is 0 Å². The maximum Gasteiger partial charge on any atom is 0.120 e. The number of hydrogen-bond acceptors (Lipinski definition) is 2. The van der Waals surface area contributed by atoms with E-state index in [1.807, 2.05) is 12.1 Å². The molecular formula is C16H23ClO2. The van der Waals surface area contributed by atoms with Gasteiger partial charge in [-0.05, 0) is 36.5 Å². The van der Waals surface area contributed by atoms with E-state index in [2.05, 4.69) is 0 Å². The van der Waals surface area contributed by atoms with E-state index in [-0.39, 0.29) is 0 Å². The first-order valence-corrected chi connectivity index (χ1v) is 7.61. The second kappa shape index (κ2) is 7.16. The van der Waals surface area contributed by atoms with Gasteiger partial charge in [-0.15, -0.1) is 0 Å². The molecule has 0 amide bonds. The number of hydrogen-bond donors (Lipinski definition) is 1. The molecule has 2 nitrogen and oxygen atoms in total. The minimum atomic E-state index is -0.448. The first-order chi connectivity index (χ1) is 9.22. The lowest BCUT2D eigenvalue weighted by Gasteiger charge is -2.26. The van der Waals surface area contributed by atoms with Gasteiger partial charge in [-0.2, -0.15) is 0 Å². The summed E-state index contributed by atoms with van der Waals surface area (Å²) in [5.41, 5.74) is 0.841. The molecule has 0 bridgehead atoms. The number of aliphatic hydroxyl groups excluding tert-OH is 1. The molecule has 0 saturated heterocycles. The second-order valence-corrected chi connectivity index (χ2v) is 5.84. The SMILES string of the molecule is COc1ccc(C(O)C2CCCCCCC2)c(Cl)c1. The summed E-state index contributed by atoms with van der Waals surface area (Å²) in [4.78, 5) is 0. The van der Waals surface area contributed by atoms with Crippen LogP contribution in [0.4, 0.5) is 0 Å². The van der Waals surface area contributed by atoms with Crippen molar-refractivity contribution in [3.8, 4) is 5.75 Å². The minimum absolute atomic E-state index is 0.339. The number of halogens is 1. The van der Waals surface area contributed by atoms with Gasteiger partial charge in [0.05, 0.1) is 18.2 Å². The van der Waals surface area contributed by atoms with Gasteiger partial charge in [-0.25, -0.2) is 0 Å². The van der Waals surface area contributed by atoms with Crippen LogP contribution >= 0.6 is 11.6 Å². The number of ether oxygens (including phenoxy) is 1. The summed E-state index contributed by atoms with van der Waals surface area (Å²) in [5.74, 6) is 1.07. The minimum Gasteiger partial charge on any atom is -0.497 e. The van der Waals surface area contributed by atoms with Crippen LogP contribution in [-0.2, 0) is 0 Å². The Kier molecular flexibility index (Phi) is 5.53. The van der Waals surface area contributed by atoms with Crippen molar-refractivity contribution in [1.82, 2.24) is 0 Å². The Morgan fingerprint density at radius 1 is 1.16 bits per heavy atom. The van der Waals surface area contributed by atoms with Crippen molar-refractivity contribution in [2.45, 2.75) is 51.0 Å². The van der Waals surface area contributed by atoms with Crippen LogP contribution in [0.15, 0.2) is 18.2 Å². The van der Waals surface area contributed by atoms with Crippen molar-refractivity contribution >= 4 is 11.6 Å². The summed E-state index contributed by atoms with van der Waals surface area (Å²) in [6.07, 6.45) is 8.11. The molecule has 1 fully saturated rings. The van der Waals surface area contributed by atoms with Gasteiger partial charge in [0.15, 0.2) is 0 Å². The molecule has 1 aromatic rings. The van der Waals surface area contributed by atoms with E-state index in [0.29, 0.717) is 10.9 Å². The highest BCUT2D eigenvalue weighted by Crippen LogP contribution is 2.36. The molecule has 0 aromatic heterocycles. The van der Waals surface area contributed by atoms with E-state index < -0.39 is 6.10 Å². The van der Waals surface area contributed by atoms with Crippen LogP contribution in [0, 0.1) is 5.92 Å². The van der Waals surface area contributed by atoms with E-state index in [4.69, 9.17) is 16.3 Å². The first-order valence-electron chi connectivity index (χ1n) is 7.24. The Labute approximate surface area is 120 Å². The number of benzene rings is 1. The van der Waals surface area contributed by atoms with Crippen LogP contribution < -0.4 is 4.74 Å². The number of aliphatic hydroxyl groups is 1. The molecule has 106 valence electrons. The molecule has 19 heavy (non-hydrogen) atoms. The summed E-state index contributed by atoms with van der Waals surface area (Å²) < 4.78 is 5.15. The number of methoxy groups -OCH3 is 1. The van der Waals surface area contributed by atoms with E-state index >= 15 is 0 Å². The molecule has 1 aromatic carbocycles. The van der Waals surface area contributed by atoms with Gasteiger partial charge in [-0.3, -0.25) is 0 Å². The highest BCUT2D eigenvalue weighted by Gasteiger charge is 2.23. The van der Waals surface area contributed by atoms with Gasteiger partial charge in [0, 0.05) is 0 Å². The third-order valence-corrected chi connectivity index (χ3v) is 4.45. The molecule has 0 spiro atoms. The third-order valence-electron chi connectivity index (χ3n) is 4.12. The molecule has 2 rings (SSSR count). The standard InChI is InChI=1S/C16H23ClO2/c1-19-13-9-10-14(15(17)11-13)16(18)12-7-5-3-2-4-6-8-12/h9-12,16,18H,2-8H2,1H3. The van der Waals surface area contributed by atoms with Gasteiger partial charge in [0.25, 0.3) is 0 Å². The van der Waals surface area contributed by atoms with Crippen molar-refractivity contribution in [1.29, 1.82) is 0 Å². The van der Waals surface area contributed by atoms with Gasteiger partial charge in [0.1, 0.15) is 5.75 Å². The zero-order valence-corrected chi connectivity index (χ0v) is 12.3. The molecule has 1 atom stereocenters. The molecule has 1 saturated carbocycles. The van der Waals surface area contributed by atoms with Crippen LogP contribution in [-0.4, -0.2) is 12.2 Å². The monoisotopic (exact) mass is 282 g/mol. The van der Waals surface area contributed by atoms with Crippen molar-refractivity contribution in [2.75, 3.05) is 7.11 Å². The third kappa shape index (κ3) is 3.87. The molecular weight excluding hydrogens is 260 g/mol. The topological polar surface area (TPSA) is 29.5 Å². The van der Waals surface area contributed by atoms with E-state index in [0.717, 1.165) is 24.2 Å². The second-order valence-electron chi connectivity index (χ2n) is 5.44. The summed E-state index contributed by atoms with van der Waals surface area (Å²) >= 11 is 6.26. The Morgan fingerprint density at radius 3 is 2.37 bits per heavy atom. The lowest BCUT2D eigenvalue weighted by atomic mass is 9.84. The molecule has 1 unspecified atom stereocenters. The van der Waals surface area contributed by atoms with E-state index in [9.17, 15) is 5.11 Å². The molecule has 1 aliphatic rings. The Morgan fingerprint density at radius 2 is 1.79 bits per heavy atom. The maximum absolute atomic E-state index is 10.6. The van der Waals surface area contributed by atoms with Crippen molar-refractivity contribution in [2.24, 2.45) is 5.92 Å². The van der Waals surface area contributed by atoms with E-state index in [1.54, 1.807) is 13.2 Å². The average molecular weight is 283 g/mol. The molecule has 1 aliphatic carbocycles. The maximum atomic E-state index is 10.6. The van der Waals surface area contributed by atoms with Crippen molar-refractivity contribution in [3.63, 3.8) is 0 Å². The quantitative estimate of drug-likeness (QED) is 0.867. The predicted octanol–water partition coefficient (Wildman–Crippen LogP) is 4.74. The molecule has 0 heterocycles. The lowest BCUT2D eigenvalue weighted by Crippen LogP contribution is -2.14. The smallest absolute Gasteiger partial charge is 0.120 e. The summed E-state index contributed by atoms with van der Waals surface area (Å²) in [6.45, 7) is 0. The van der Waals surface area contributed by atoms with Crippen LogP contribution in [0.25, 0.3) is 0 Å². The van der Waals surface area contributed by atoms with Crippen LogP contribution in [0.5, 0.6) is 5.75 Å².